The maximum absolute atomic E-state index is 12.1. The van der Waals surface area contributed by atoms with Crippen LogP contribution < -0.4 is 5.32 Å². The summed E-state index contributed by atoms with van der Waals surface area (Å²) in [5.74, 6) is 0.175. The molecule has 1 saturated heterocycles. The van der Waals surface area contributed by atoms with Crippen LogP contribution in [0.2, 0.25) is 5.02 Å². The van der Waals surface area contributed by atoms with Crippen molar-refractivity contribution in [3.8, 4) is 0 Å². The third-order valence-corrected chi connectivity index (χ3v) is 5.37. The summed E-state index contributed by atoms with van der Waals surface area (Å²) in [6.07, 6.45) is 10.2. The molecular weight excluding hydrogens is 328 g/mol. The van der Waals surface area contributed by atoms with Gasteiger partial charge in [-0.15, -0.1) is 6.58 Å². The highest BCUT2D eigenvalue weighted by atomic mass is 35.5. The largest absolute Gasteiger partial charge is 0.352 e. The van der Waals surface area contributed by atoms with Crippen LogP contribution in [-0.4, -0.2) is 44.6 Å². The Kier molecular flexibility index (Phi) is 4.94. The number of carbonyl (C=O) groups is 2. The fraction of sp³-hybridized carbons (Fsp3) is 0.588. The molecule has 2 amide bonds. The highest BCUT2D eigenvalue weighted by Crippen LogP contribution is 2.42. The van der Waals surface area contributed by atoms with Gasteiger partial charge in [0.05, 0.1) is 11.2 Å². The van der Waals surface area contributed by atoms with Crippen molar-refractivity contribution in [3.63, 3.8) is 0 Å². The van der Waals surface area contributed by atoms with Crippen LogP contribution in [0.5, 0.6) is 0 Å². The lowest BCUT2D eigenvalue weighted by atomic mass is 9.77. The third kappa shape index (κ3) is 3.48. The van der Waals surface area contributed by atoms with Crippen molar-refractivity contribution in [2.24, 2.45) is 0 Å². The fourth-order valence-corrected chi connectivity index (χ4v) is 4.12. The summed E-state index contributed by atoms with van der Waals surface area (Å²) in [5, 5.41) is 7.61. The second kappa shape index (κ2) is 6.97. The maximum atomic E-state index is 12.1. The van der Waals surface area contributed by atoms with E-state index in [1.54, 1.807) is 12.3 Å². The molecule has 1 saturated carbocycles. The number of carbonyl (C=O) groups excluding carboxylic acids is 2. The zero-order valence-electron chi connectivity index (χ0n) is 13.7. The van der Waals surface area contributed by atoms with E-state index in [1.165, 1.54) is 10.9 Å². The van der Waals surface area contributed by atoms with Gasteiger partial charge in [0, 0.05) is 30.7 Å². The average Bonchev–Trinajstić information content (AvgIpc) is 3.08. The van der Waals surface area contributed by atoms with E-state index in [0.717, 1.165) is 32.1 Å². The Morgan fingerprint density at radius 1 is 1.46 bits per heavy atom. The zero-order valence-corrected chi connectivity index (χ0v) is 14.5. The molecule has 6 nitrogen and oxygen atoms in total. The molecule has 2 aliphatic rings. The lowest BCUT2D eigenvalue weighted by Gasteiger charge is -2.43. The molecule has 1 aliphatic carbocycles. The van der Waals surface area contributed by atoms with E-state index >= 15 is 0 Å². The van der Waals surface area contributed by atoms with Crippen LogP contribution in [0.1, 0.15) is 38.5 Å². The van der Waals surface area contributed by atoms with Gasteiger partial charge in [-0.05, 0) is 32.1 Å². The van der Waals surface area contributed by atoms with E-state index in [-0.39, 0.29) is 29.9 Å². The minimum Gasteiger partial charge on any atom is -0.352 e. The molecule has 2 heterocycles. The van der Waals surface area contributed by atoms with Crippen molar-refractivity contribution in [2.75, 3.05) is 6.54 Å². The first-order valence-electron chi connectivity index (χ1n) is 8.41. The lowest BCUT2D eigenvalue weighted by molar-refractivity contribution is -0.132. The van der Waals surface area contributed by atoms with E-state index in [1.807, 2.05) is 4.90 Å². The molecular formula is C17H23ClN4O2. The number of amides is 2. The van der Waals surface area contributed by atoms with Crippen LogP contribution >= 0.6 is 11.6 Å². The van der Waals surface area contributed by atoms with Crippen molar-refractivity contribution in [3.05, 3.63) is 30.1 Å². The highest BCUT2D eigenvalue weighted by Gasteiger charge is 2.46. The van der Waals surface area contributed by atoms with Crippen LogP contribution in [0.4, 0.5) is 0 Å². The first-order chi connectivity index (χ1) is 11.5. The van der Waals surface area contributed by atoms with Gasteiger partial charge in [0.15, 0.2) is 0 Å². The van der Waals surface area contributed by atoms with Gasteiger partial charge in [-0.2, -0.15) is 5.10 Å². The monoisotopic (exact) mass is 350 g/mol. The van der Waals surface area contributed by atoms with Crippen LogP contribution in [0.25, 0.3) is 0 Å². The fourth-order valence-electron chi connectivity index (χ4n) is 3.96. The first kappa shape index (κ1) is 17.0. The molecule has 1 spiro atoms. The number of likely N-dealkylation sites (tertiary alicyclic amines) is 1. The van der Waals surface area contributed by atoms with Crippen LogP contribution in [-0.2, 0) is 16.1 Å². The normalized spacial score (nSPS) is 26.8. The lowest BCUT2D eigenvalue weighted by Crippen LogP contribution is -2.51. The van der Waals surface area contributed by atoms with Gasteiger partial charge < -0.3 is 10.2 Å². The molecule has 0 atom stereocenters. The minimum absolute atomic E-state index is 0.0258. The predicted molar refractivity (Wildman–Crippen MR) is 91.5 cm³/mol. The molecule has 1 aliphatic heterocycles. The summed E-state index contributed by atoms with van der Waals surface area (Å²) in [6.45, 7) is 4.56. The van der Waals surface area contributed by atoms with Crippen molar-refractivity contribution < 1.29 is 9.59 Å². The molecule has 1 N–H and O–H groups in total. The zero-order chi connectivity index (χ0) is 17.2. The summed E-state index contributed by atoms with van der Waals surface area (Å²) in [5.41, 5.74) is -0.0258. The maximum Gasteiger partial charge on any atom is 0.241 e. The SMILES string of the molecule is C=CCN1C(=O)CCC12CCC(NC(=O)Cn1cc(Cl)cn1)CC2. The Hall–Kier alpha value is -1.82. The molecule has 1 aromatic heterocycles. The molecule has 3 rings (SSSR count). The molecule has 24 heavy (non-hydrogen) atoms. The second-order valence-electron chi connectivity index (χ2n) is 6.72. The molecule has 0 unspecified atom stereocenters. The van der Waals surface area contributed by atoms with E-state index < -0.39 is 0 Å². The number of hydrogen-bond acceptors (Lipinski definition) is 3. The molecule has 130 valence electrons. The third-order valence-electron chi connectivity index (χ3n) is 5.18. The Bertz CT molecular complexity index is 634. The smallest absolute Gasteiger partial charge is 0.241 e. The van der Waals surface area contributed by atoms with Crippen molar-refractivity contribution >= 4 is 23.4 Å². The summed E-state index contributed by atoms with van der Waals surface area (Å²) in [4.78, 5) is 26.2. The Labute approximate surface area is 146 Å². The van der Waals surface area contributed by atoms with Crippen LogP contribution in [0.15, 0.2) is 25.0 Å². The van der Waals surface area contributed by atoms with Gasteiger partial charge in [-0.1, -0.05) is 17.7 Å². The molecule has 0 radical (unpaired) electrons. The van der Waals surface area contributed by atoms with Gasteiger partial charge in [-0.3, -0.25) is 14.3 Å². The first-order valence-corrected chi connectivity index (χ1v) is 8.79. The van der Waals surface area contributed by atoms with Gasteiger partial charge in [0.1, 0.15) is 6.54 Å². The quantitative estimate of drug-likeness (QED) is 0.827. The summed E-state index contributed by atoms with van der Waals surface area (Å²) < 4.78 is 1.53. The highest BCUT2D eigenvalue weighted by molar-refractivity contribution is 6.30. The second-order valence-corrected chi connectivity index (χ2v) is 7.15. The van der Waals surface area contributed by atoms with E-state index in [9.17, 15) is 9.59 Å². The number of nitrogens with zero attached hydrogens (tertiary/aromatic N) is 3. The van der Waals surface area contributed by atoms with Crippen LogP contribution in [0, 0.1) is 0 Å². The molecule has 7 heteroatoms. The molecule has 0 aromatic carbocycles. The molecule has 1 aromatic rings. The Balaban J connectivity index is 1.52. The Morgan fingerprint density at radius 3 is 2.83 bits per heavy atom. The Morgan fingerprint density at radius 2 is 2.21 bits per heavy atom. The number of aromatic nitrogens is 2. The minimum atomic E-state index is -0.0545. The van der Waals surface area contributed by atoms with Gasteiger partial charge in [-0.25, -0.2) is 0 Å². The number of halogens is 1. The van der Waals surface area contributed by atoms with Crippen LogP contribution in [0.3, 0.4) is 0 Å². The van der Waals surface area contributed by atoms with E-state index in [0.29, 0.717) is 18.0 Å². The standard InChI is InChI=1S/C17H23ClN4O2/c1-2-9-22-16(24)5-8-17(22)6-3-14(4-7-17)20-15(23)12-21-11-13(18)10-19-21/h2,10-11,14H,1,3-9,12H2,(H,20,23). The van der Waals surface area contributed by atoms with E-state index in [4.69, 9.17) is 11.6 Å². The average molecular weight is 351 g/mol. The van der Waals surface area contributed by atoms with Crippen molar-refractivity contribution in [1.82, 2.24) is 20.0 Å². The summed E-state index contributed by atoms with van der Waals surface area (Å²) >= 11 is 5.80. The van der Waals surface area contributed by atoms with Crippen molar-refractivity contribution in [2.45, 2.75) is 56.7 Å². The number of nitrogens with one attached hydrogen (secondary N) is 1. The summed E-state index contributed by atoms with van der Waals surface area (Å²) in [7, 11) is 0. The predicted octanol–water partition coefficient (Wildman–Crippen LogP) is 2.14. The van der Waals surface area contributed by atoms with Gasteiger partial charge in [0.2, 0.25) is 11.8 Å². The summed E-state index contributed by atoms with van der Waals surface area (Å²) in [6, 6.07) is 0.162. The van der Waals surface area contributed by atoms with Crippen molar-refractivity contribution in [1.29, 1.82) is 0 Å². The molecule has 2 fully saturated rings. The van der Waals surface area contributed by atoms with Gasteiger partial charge >= 0.3 is 0 Å². The van der Waals surface area contributed by atoms with E-state index in [2.05, 4.69) is 17.0 Å². The topological polar surface area (TPSA) is 67.2 Å². The van der Waals surface area contributed by atoms with Gasteiger partial charge in [0.25, 0.3) is 0 Å². The number of rotatable bonds is 5. The number of hydrogen-bond donors (Lipinski definition) is 1. The molecule has 0 bridgehead atoms.